The first-order chi connectivity index (χ1) is 12.0. The molecule has 2 nitrogen and oxygen atoms in total. The van der Waals surface area contributed by atoms with Gasteiger partial charge in [0.1, 0.15) is 24.0 Å². The van der Waals surface area contributed by atoms with Crippen molar-refractivity contribution in [1.82, 2.24) is 0 Å². The molecule has 2 heterocycles. The highest BCUT2D eigenvalue weighted by Crippen LogP contribution is 2.37. The molecule has 0 fully saturated rings. The fourth-order valence-corrected chi connectivity index (χ4v) is 3.46. The van der Waals surface area contributed by atoms with Crippen LogP contribution < -0.4 is 4.57 Å². The Hall–Kier alpha value is -2.68. The predicted octanol–water partition coefficient (Wildman–Crippen LogP) is 5.65. The van der Waals surface area contributed by atoms with Crippen LogP contribution in [0.15, 0.2) is 53.1 Å². The van der Waals surface area contributed by atoms with E-state index >= 15 is 0 Å². The topological polar surface area (TPSA) is 17.0 Å². The third kappa shape index (κ3) is 2.51. The van der Waals surface area contributed by atoms with E-state index in [1.54, 1.807) is 6.07 Å². The second-order valence-corrected chi connectivity index (χ2v) is 6.99. The van der Waals surface area contributed by atoms with Crippen molar-refractivity contribution in [2.45, 2.75) is 26.7 Å². The van der Waals surface area contributed by atoms with E-state index in [1.807, 2.05) is 0 Å². The first kappa shape index (κ1) is 15.8. The molecule has 0 aliphatic rings. The van der Waals surface area contributed by atoms with Gasteiger partial charge < -0.3 is 4.42 Å². The summed E-state index contributed by atoms with van der Waals surface area (Å²) in [6, 6.07) is 13.2. The summed E-state index contributed by atoms with van der Waals surface area (Å²) < 4.78 is 21.8. The summed E-state index contributed by atoms with van der Waals surface area (Å²) in [5, 5.41) is 1.96. The van der Waals surface area contributed by atoms with Crippen LogP contribution in [0.3, 0.4) is 0 Å². The van der Waals surface area contributed by atoms with Gasteiger partial charge in [0, 0.05) is 28.5 Å². The van der Waals surface area contributed by atoms with E-state index in [9.17, 15) is 4.39 Å². The maximum Gasteiger partial charge on any atom is 0.216 e. The van der Waals surface area contributed by atoms with Gasteiger partial charge in [-0.05, 0) is 36.6 Å². The Kier molecular flexibility index (Phi) is 3.60. The molecular weight excluding hydrogens is 313 g/mol. The molecule has 0 N–H and O–H groups in total. The molecule has 2 aromatic carbocycles. The number of aromatic nitrogens is 1. The molecule has 3 heteroatoms. The molecule has 0 aliphatic heterocycles. The second-order valence-electron chi connectivity index (χ2n) is 6.99. The van der Waals surface area contributed by atoms with Gasteiger partial charge in [-0.25, -0.2) is 8.96 Å². The summed E-state index contributed by atoms with van der Waals surface area (Å²) in [5.41, 5.74) is 5.98. The number of benzene rings is 2. The molecule has 0 aliphatic carbocycles. The van der Waals surface area contributed by atoms with Gasteiger partial charge >= 0.3 is 0 Å². The largest absolute Gasteiger partial charge is 0.455 e. The van der Waals surface area contributed by atoms with Crippen LogP contribution >= 0.6 is 0 Å². The number of nitrogens with zero attached hydrogens (tertiary/aromatic N) is 1. The average molecular weight is 334 g/mol. The lowest BCUT2D eigenvalue weighted by atomic mass is 9.99. The van der Waals surface area contributed by atoms with E-state index in [1.165, 1.54) is 17.7 Å². The number of fused-ring (bicyclic) bond motifs is 3. The van der Waals surface area contributed by atoms with E-state index in [4.69, 9.17) is 4.42 Å². The Morgan fingerprint density at radius 1 is 1.00 bits per heavy atom. The molecule has 0 atom stereocenters. The van der Waals surface area contributed by atoms with Crippen LogP contribution in [0.2, 0.25) is 0 Å². The quantitative estimate of drug-likeness (QED) is 0.433. The van der Waals surface area contributed by atoms with Crippen molar-refractivity contribution in [2.24, 2.45) is 7.05 Å². The standard InChI is InChI=1S/C22H21FNO/c1-13(2)15-6-10-19(24(4)12-15)21-14(3)5-8-18-17-9-7-16(23)11-20(17)25-22(18)21/h5-13H,1-4H3/q+1. The summed E-state index contributed by atoms with van der Waals surface area (Å²) in [4.78, 5) is 0. The Morgan fingerprint density at radius 2 is 1.76 bits per heavy atom. The molecule has 25 heavy (non-hydrogen) atoms. The predicted molar refractivity (Wildman–Crippen MR) is 99.1 cm³/mol. The van der Waals surface area contributed by atoms with Crippen LogP contribution in [0.5, 0.6) is 0 Å². The first-order valence-electron chi connectivity index (χ1n) is 8.57. The summed E-state index contributed by atoms with van der Waals surface area (Å²) in [6.45, 7) is 6.46. The molecule has 0 saturated carbocycles. The summed E-state index contributed by atoms with van der Waals surface area (Å²) in [6.07, 6.45) is 2.17. The summed E-state index contributed by atoms with van der Waals surface area (Å²) >= 11 is 0. The van der Waals surface area contributed by atoms with Gasteiger partial charge in [0.15, 0.2) is 6.20 Å². The van der Waals surface area contributed by atoms with E-state index < -0.39 is 0 Å². The molecule has 2 aromatic heterocycles. The molecule has 4 aromatic rings. The van der Waals surface area contributed by atoms with Crippen molar-refractivity contribution in [2.75, 3.05) is 0 Å². The van der Waals surface area contributed by atoms with Crippen LogP contribution in [0.1, 0.15) is 30.9 Å². The molecule has 0 radical (unpaired) electrons. The zero-order valence-electron chi connectivity index (χ0n) is 14.9. The average Bonchev–Trinajstić information content (AvgIpc) is 2.92. The summed E-state index contributed by atoms with van der Waals surface area (Å²) in [5.74, 6) is 0.197. The van der Waals surface area contributed by atoms with Gasteiger partial charge in [0.05, 0.1) is 5.56 Å². The first-order valence-corrected chi connectivity index (χ1v) is 8.57. The number of furan rings is 1. The van der Waals surface area contributed by atoms with Gasteiger partial charge in [-0.3, -0.25) is 0 Å². The van der Waals surface area contributed by atoms with Gasteiger partial charge in [0.25, 0.3) is 0 Å². The molecule has 0 unspecified atom stereocenters. The van der Waals surface area contributed by atoms with Gasteiger partial charge in [-0.15, -0.1) is 0 Å². The molecule has 0 bridgehead atoms. The number of pyridine rings is 1. The van der Waals surface area contributed by atoms with E-state index in [0.717, 1.165) is 33.2 Å². The monoisotopic (exact) mass is 334 g/mol. The van der Waals surface area contributed by atoms with Crippen LogP contribution in [0.25, 0.3) is 33.2 Å². The Balaban J connectivity index is 2.04. The number of halogens is 1. The lowest BCUT2D eigenvalue weighted by molar-refractivity contribution is -0.660. The highest BCUT2D eigenvalue weighted by Gasteiger charge is 2.21. The minimum absolute atomic E-state index is 0.281. The smallest absolute Gasteiger partial charge is 0.216 e. The van der Waals surface area contributed by atoms with Crippen molar-refractivity contribution in [1.29, 1.82) is 0 Å². The Labute approximate surface area is 146 Å². The number of rotatable bonds is 2. The zero-order chi connectivity index (χ0) is 17.7. The maximum atomic E-state index is 13.6. The maximum absolute atomic E-state index is 13.6. The van der Waals surface area contributed by atoms with Gasteiger partial charge in [-0.2, -0.15) is 0 Å². The Bertz CT molecular complexity index is 1110. The zero-order valence-corrected chi connectivity index (χ0v) is 14.9. The van der Waals surface area contributed by atoms with Crippen molar-refractivity contribution < 1.29 is 13.4 Å². The lowest BCUT2D eigenvalue weighted by Crippen LogP contribution is -2.31. The van der Waals surface area contributed by atoms with Crippen molar-refractivity contribution in [3.05, 3.63) is 65.6 Å². The minimum Gasteiger partial charge on any atom is -0.455 e. The normalized spacial score (nSPS) is 11.8. The molecule has 4 rings (SSSR count). The van der Waals surface area contributed by atoms with Gasteiger partial charge in [-0.1, -0.05) is 26.0 Å². The number of aryl methyl sites for hydroxylation is 2. The Morgan fingerprint density at radius 3 is 2.48 bits per heavy atom. The van der Waals surface area contributed by atoms with E-state index in [-0.39, 0.29) is 5.82 Å². The fraction of sp³-hybridized carbons (Fsp3) is 0.227. The van der Waals surface area contributed by atoms with E-state index in [2.05, 4.69) is 62.8 Å². The highest BCUT2D eigenvalue weighted by atomic mass is 19.1. The molecule has 0 spiro atoms. The van der Waals surface area contributed by atoms with Crippen molar-refractivity contribution >= 4 is 21.9 Å². The van der Waals surface area contributed by atoms with Crippen LogP contribution in [0, 0.1) is 12.7 Å². The number of hydrogen-bond acceptors (Lipinski definition) is 1. The lowest BCUT2D eigenvalue weighted by Gasteiger charge is -2.08. The van der Waals surface area contributed by atoms with E-state index in [0.29, 0.717) is 11.5 Å². The minimum atomic E-state index is -0.281. The second kappa shape index (κ2) is 5.69. The van der Waals surface area contributed by atoms with Gasteiger partial charge in [0.2, 0.25) is 5.69 Å². The third-order valence-electron chi connectivity index (χ3n) is 4.89. The van der Waals surface area contributed by atoms with Crippen molar-refractivity contribution in [3.8, 4) is 11.3 Å². The van der Waals surface area contributed by atoms with Crippen LogP contribution in [-0.2, 0) is 7.05 Å². The molecule has 126 valence electrons. The molecule has 0 amide bonds. The van der Waals surface area contributed by atoms with Crippen LogP contribution in [-0.4, -0.2) is 0 Å². The molecular formula is C22H21FNO+. The third-order valence-corrected chi connectivity index (χ3v) is 4.89. The van der Waals surface area contributed by atoms with Crippen LogP contribution in [0.4, 0.5) is 4.39 Å². The summed E-state index contributed by atoms with van der Waals surface area (Å²) in [7, 11) is 2.06. The fourth-order valence-electron chi connectivity index (χ4n) is 3.46. The SMILES string of the molecule is Cc1ccc2c(oc3cc(F)ccc32)c1-c1ccc(C(C)C)c[n+]1C. The number of hydrogen-bond donors (Lipinski definition) is 0. The highest BCUT2D eigenvalue weighted by molar-refractivity contribution is 6.09. The van der Waals surface area contributed by atoms with Crippen molar-refractivity contribution in [3.63, 3.8) is 0 Å². The molecule has 0 saturated heterocycles.